The number of likely N-dealkylation sites (tertiary alicyclic amines) is 1. The minimum atomic E-state index is -0.442. The Kier molecular flexibility index (Phi) is 5.09. The average molecular weight is 339 g/mol. The lowest BCUT2D eigenvalue weighted by molar-refractivity contribution is -0.384. The molecule has 1 fully saturated rings. The molecular formula is C19H21N3O3. The van der Waals surface area contributed by atoms with E-state index in [1.54, 1.807) is 12.1 Å². The molecular weight excluding hydrogens is 318 g/mol. The van der Waals surface area contributed by atoms with E-state index in [2.05, 4.69) is 12.1 Å². The molecule has 0 unspecified atom stereocenters. The number of non-ortho nitro benzene ring substituents is 1. The molecule has 6 heteroatoms. The van der Waals surface area contributed by atoms with Crippen LogP contribution in [0.5, 0.6) is 0 Å². The predicted octanol–water partition coefficient (Wildman–Crippen LogP) is 2.34. The molecule has 2 aromatic carbocycles. The first-order valence-electron chi connectivity index (χ1n) is 8.34. The van der Waals surface area contributed by atoms with Gasteiger partial charge in [-0.1, -0.05) is 42.5 Å². The van der Waals surface area contributed by atoms with E-state index < -0.39 is 4.92 Å². The lowest BCUT2D eigenvalue weighted by Crippen LogP contribution is -2.31. The molecule has 130 valence electrons. The zero-order valence-corrected chi connectivity index (χ0v) is 13.9. The van der Waals surface area contributed by atoms with E-state index in [0.29, 0.717) is 19.6 Å². The molecule has 1 heterocycles. The van der Waals surface area contributed by atoms with Crippen LogP contribution >= 0.6 is 0 Å². The van der Waals surface area contributed by atoms with Gasteiger partial charge in [0.25, 0.3) is 5.69 Å². The molecule has 2 atom stereocenters. The summed E-state index contributed by atoms with van der Waals surface area (Å²) < 4.78 is 0. The molecule has 0 saturated carbocycles. The second kappa shape index (κ2) is 7.44. The largest absolute Gasteiger partial charge is 0.341 e. The van der Waals surface area contributed by atoms with Gasteiger partial charge in [0.15, 0.2) is 0 Å². The molecule has 1 amide bonds. The second-order valence-corrected chi connectivity index (χ2v) is 6.41. The van der Waals surface area contributed by atoms with Crippen LogP contribution in [0.15, 0.2) is 54.6 Å². The second-order valence-electron chi connectivity index (χ2n) is 6.41. The standard InChI is InChI=1S/C19H21N3O3/c20-11-16-12-21(13-18(16)15-4-2-1-3-5-15)19(23)10-14-6-8-17(9-7-14)22(24)25/h1-9,16,18H,10-13,20H2/t16-,18+/m1/s1. The lowest BCUT2D eigenvalue weighted by atomic mass is 9.89. The maximum atomic E-state index is 12.6. The van der Waals surface area contributed by atoms with Crippen molar-refractivity contribution in [3.8, 4) is 0 Å². The third-order valence-corrected chi connectivity index (χ3v) is 4.83. The number of hydrogen-bond acceptors (Lipinski definition) is 4. The number of nitrogens with zero attached hydrogens (tertiary/aromatic N) is 2. The predicted molar refractivity (Wildman–Crippen MR) is 95.1 cm³/mol. The highest BCUT2D eigenvalue weighted by Gasteiger charge is 2.35. The summed E-state index contributed by atoms with van der Waals surface area (Å²) in [6, 6.07) is 16.3. The Bertz CT molecular complexity index is 746. The lowest BCUT2D eigenvalue weighted by Gasteiger charge is -2.17. The van der Waals surface area contributed by atoms with Crippen molar-refractivity contribution in [1.82, 2.24) is 4.90 Å². The summed E-state index contributed by atoms with van der Waals surface area (Å²) in [7, 11) is 0. The molecule has 0 radical (unpaired) electrons. The van der Waals surface area contributed by atoms with Crippen LogP contribution in [-0.4, -0.2) is 35.4 Å². The zero-order chi connectivity index (χ0) is 17.8. The van der Waals surface area contributed by atoms with Gasteiger partial charge in [-0.05, 0) is 23.6 Å². The number of benzene rings is 2. The molecule has 0 bridgehead atoms. The fourth-order valence-electron chi connectivity index (χ4n) is 3.41. The molecule has 2 N–H and O–H groups in total. The zero-order valence-electron chi connectivity index (χ0n) is 13.9. The van der Waals surface area contributed by atoms with Crippen LogP contribution in [0.3, 0.4) is 0 Å². The molecule has 25 heavy (non-hydrogen) atoms. The van der Waals surface area contributed by atoms with Gasteiger partial charge in [-0.3, -0.25) is 14.9 Å². The molecule has 3 rings (SSSR count). The van der Waals surface area contributed by atoms with Gasteiger partial charge < -0.3 is 10.6 Å². The summed E-state index contributed by atoms with van der Waals surface area (Å²) >= 11 is 0. The molecule has 2 aromatic rings. The third-order valence-electron chi connectivity index (χ3n) is 4.83. The van der Waals surface area contributed by atoms with Crippen LogP contribution in [0, 0.1) is 16.0 Å². The van der Waals surface area contributed by atoms with Crippen molar-refractivity contribution in [1.29, 1.82) is 0 Å². The van der Waals surface area contributed by atoms with Crippen LogP contribution < -0.4 is 5.73 Å². The Hall–Kier alpha value is -2.73. The molecule has 1 aliphatic heterocycles. The number of carbonyl (C=O) groups excluding carboxylic acids is 1. The maximum absolute atomic E-state index is 12.6. The van der Waals surface area contributed by atoms with Crippen molar-refractivity contribution in [2.75, 3.05) is 19.6 Å². The van der Waals surface area contributed by atoms with E-state index in [0.717, 1.165) is 5.56 Å². The van der Waals surface area contributed by atoms with Crippen LogP contribution in [-0.2, 0) is 11.2 Å². The van der Waals surface area contributed by atoms with E-state index >= 15 is 0 Å². The van der Waals surface area contributed by atoms with Crippen LogP contribution in [0.2, 0.25) is 0 Å². The Labute approximate surface area is 146 Å². The number of amides is 1. The molecule has 1 saturated heterocycles. The van der Waals surface area contributed by atoms with Crippen molar-refractivity contribution >= 4 is 11.6 Å². The van der Waals surface area contributed by atoms with Crippen LogP contribution in [0.1, 0.15) is 17.0 Å². The van der Waals surface area contributed by atoms with Gasteiger partial charge in [0.1, 0.15) is 0 Å². The highest BCUT2D eigenvalue weighted by atomic mass is 16.6. The third kappa shape index (κ3) is 3.85. The normalized spacial score (nSPS) is 19.8. The van der Waals surface area contributed by atoms with Crippen molar-refractivity contribution in [2.24, 2.45) is 11.7 Å². The van der Waals surface area contributed by atoms with Gasteiger partial charge in [-0.15, -0.1) is 0 Å². The summed E-state index contributed by atoms with van der Waals surface area (Å²) in [5, 5.41) is 10.7. The van der Waals surface area contributed by atoms with E-state index in [-0.39, 0.29) is 29.9 Å². The maximum Gasteiger partial charge on any atom is 0.269 e. The van der Waals surface area contributed by atoms with Crippen molar-refractivity contribution in [3.05, 3.63) is 75.8 Å². The van der Waals surface area contributed by atoms with E-state index in [4.69, 9.17) is 5.73 Å². The number of hydrogen-bond donors (Lipinski definition) is 1. The molecule has 0 aromatic heterocycles. The number of nitro groups is 1. The molecule has 0 spiro atoms. The van der Waals surface area contributed by atoms with Crippen LogP contribution in [0.4, 0.5) is 5.69 Å². The number of rotatable bonds is 5. The van der Waals surface area contributed by atoms with Crippen molar-refractivity contribution in [3.63, 3.8) is 0 Å². The summed E-state index contributed by atoms with van der Waals surface area (Å²) in [6.45, 7) is 1.86. The van der Waals surface area contributed by atoms with Gasteiger partial charge in [-0.25, -0.2) is 0 Å². The summed E-state index contributed by atoms with van der Waals surface area (Å²) in [6.07, 6.45) is 0.247. The van der Waals surface area contributed by atoms with Gasteiger partial charge in [0.2, 0.25) is 5.91 Å². The number of nitro benzene ring substituents is 1. The molecule has 0 aliphatic carbocycles. The minimum absolute atomic E-state index is 0.0321. The number of carbonyl (C=O) groups is 1. The van der Waals surface area contributed by atoms with Crippen LogP contribution in [0.25, 0.3) is 0 Å². The van der Waals surface area contributed by atoms with E-state index in [9.17, 15) is 14.9 Å². The van der Waals surface area contributed by atoms with Gasteiger partial charge in [0.05, 0.1) is 11.3 Å². The average Bonchev–Trinajstić information content (AvgIpc) is 3.07. The van der Waals surface area contributed by atoms with Gasteiger partial charge >= 0.3 is 0 Å². The first kappa shape index (κ1) is 17.1. The highest BCUT2D eigenvalue weighted by Crippen LogP contribution is 2.32. The Balaban J connectivity index is 1.67. The Morgan fingerprint density at radius 3 is 2.40 bits per heavy atom. The summed E-state index contributed by atoms with van der Waals surface area (Å²) in [5.41, 5.74) is 7.94. The Morgan fingerprint density at radius 1 is 1.12 bits per heavy atom. The monoisotopic (exact) mass is 339 g/mol. The van der Waals surface area contributed by atoms with Crippen molar-refractivity contribution in [2.45, 2.75) is 12.3 Å². The summed E-state index contributed by atoms with van der Waals surface area (Å²) in [5.74, 6) is 0.543. The quantitative estimate of drug-likeness (QED) is 0.669. The Morgan fingerprint density at radius 2 is 1.80 bits per heavy atom. The topological polar surface area (TPSA) is 89.5 Å². The smallest absolute Gasteiger partial charge is 0.269 e. The highest BCUT2D eigenvalue weighted by molar-refractivity contribution is 5.79. The van der Waals surface area contributed by atoms with Crippen molar-refractivity contribution < 1.29 is 9.72 Å². The van der Waals surface area contributed by atoms with Gasteiger partial charge in [-0.2, -0.15) is 0 Å². The van der Waals surface area contributed by atoms with Gasteiger partial charge in [0, 0.05) is 31.1 Å². The fourth-order valence-corrected chi connectivity index (χ4v) is 3.41. The first-order valence-corrected chi connectivity index (χ1v) is 8.34. The van der Waals surface area contributed by atoms with E-state index in [1.807, 2.05) is 23.1 Å². The first-order chi connectivity index (χ1) is 12.1. The SMILES string of the molecule is NC[C@@H]1CN(C(=O)Cc2ccc([N+](=O)[O-])cc2)C[C@H]1c1ccccc1. The fraction of sp³-hybridized carbons (Fsp3) is 0.316. The summed E-state index contributed by atoms with van der Waals surface area (Å²) in [4.78, 5) is 24.7. The molecule has 1 aliphatic rings. The number of nitrogens with two attached hydrogens (primary N) is 1. The van der Waals surface area contributed by atoms with E-state index in [1.165, 1.54) is 17.7 Å². The molecule has 6 nitrogen and oxygen atoms in total. The minimum Gasteiger partial charge on any atom is -0.341 e.